The van der Waals surface area contributed by atoms with Gasteiger partial charge in [-0.3, -0.25) is 9.69 Å². The van der Waals surface area contributed by atoms with Crippen LogP contribution in [0.1, 0.15) is 5.56 Å². The Morgan fingerprint density at radius 3 is 2.63 bits per heavy atom. The molecule has 1 aromatic heterocycles. The predicted molar refractivity (Wildman–Crippen MR) is 163 cm³/mol. The fourth-order valence-corrected chi connectivity index (χ4v) is 4.98. The summed E-state index contributed by atoms with van der Waals surface area (Å²) in [5.74, 6) is 1.22. The average molecular weight is 557 g/mol. The van der Waals surface area contributed by atoms with E-state index in [1.807, 2.05) is 37.2 Å². The number of aliphatic hydroxyl groups excluding tert-OH is 1. The number of benzene rings is 2. The summed E-state index contributed by atoms with van der Waals surface area (Å²) in [6.45, 7) is 7.45. The van der Waals surface area contributed by atoms with Gasteiger partial charge in [0.25, 0.3) is 0 Å². The molecule has 2 aliphatic rings. The summed E-state index contributed by atoms with van der Waals surface area (Å²) in [7, 11) is 7.59. The highest BCUT2D eigenvalue weighted by molar-refractivity contribution is 5.99. The van der Waals surface area contributed by atoms with Crippen molar-refractivity contribution in [3.63, 3.8) is 0 Å². The number of nitrogens with one attached hydrogen (secondary N) is 2. The molecule has 0 radical (unpaired) electrons. The van der Waals surface area contributed by atoms with Crippen molar-refractivity contribution in [2.75, 3.05) is 74.9 Å². The smallest absolute Gasteiger partial charge is 0.247 e. The minimum absolute atomic E-state index is 0.321. The van der Waals surface area contributed by atoms with Gasteiger partial charge >= 0.3 is 0 Å². The number of likely N-dealkylation sites (N-methyl/N-ethyl adjacent to an activating group) is 1. The normalized spacial score (nSPS) is 16.9. The van der Waals surface area contributed by atoms with Crippen molar-refractivity contribution in [2.24, 2.45) is 0 Å². The highest BCUT2D eigenvalue weighted by Crippen LogP contribution is 2.39. The Morgan fingerprint density at radius 1 is 1.15 bits per heavy atom. The fourth-order valence-electron chi connectivity index (χ4n) is 4.98. The number of aromatic nitrogens is 2. The van der Waals surface area contributed by atoms with Gasteiger partial charge < -0.3 is 35.2 Å². The number of nitrogens with zero attached hydrogens (tertiary/aromatic N) is 6. The first-order valence-corrected chi connectivity index (χ1v) is 13.4. The van der Waals surface area contributed by atoms with Crippen molar-refractivity contribution in [3.8, 4) is 5.75 Å². The van der Waals surface area contributed by atoms with Gasteiger partial charge in [-0.2, -0.15) is 4.98 Å². The van der Waals surface area contributed by atoms with Crippen LogP contribution in [0.25, 0.3) is 5.70 Å². The van der Waals surface area contributed by atoms with Crippen LogP contribution in [0, 0.1) is 0 Å². The Bertz CT molecular complexity index is 1470. The Kier molecular flexibility index (Phi) is 8.09. The molecule has 1 unspecified atom stereocenters. The Hall–Kier alpha value is -4.61. The van der Waals surface area contributed by atoms with E-state index in [4.69, 9.17) is 9.72 Å². The highest BCUT2D eigenvalue weighted by atomic mass is 16.5. The number of carbonyl (C=O) groups excluding carboxylic acids is 1. The van der Waals surface area contributed by atoms with Crippen LogP contribution in [0.3, 0.4) is 0 Å². The third kappa shape index (κ3) is 5.96. The van der Waals surface area contributed by atoms with E-state index in [1.165, 1.54) is 6.08 Å². The molecular formula is C30H36N8O3. The first-order chi connectivity index (χ1) is 19.8. The number of piperazine rings is 1. The summed E-state index contributed by atoms with van der Waals surface area (Å²) >= 11 is 0. The summed E-state index contributed by atoms with van der Waals surface area (Å²) in [4.78, 5) is 29.6. The molecule has 11 heteroatoms. The SMILES string of the molecule is C=CC(=O)Nc1cccc(N2c3nc(Nc4ccc(N5CCN(C)CC5)cc4OC)ncc3C(N(C)C)=CC2O)c1. The molecule has 0 spiro atoms. The number of fused-ring (bicyclic) bond motifs is 1. The number of rotatable bonds is 8. The molecule has 0 bridgehead atoms. The van der Waals surface area contributed by atoms with E-state index < -0.39 is 6.23 Å². The second-order valence-electron chi connectivity index (χ2n) is 10.2. The molecule has 2 aliphatic heterocycles. The molecule has 1 atom stereocenters. The summed E-state index contributed by atoms with van der Waals surface area (Å²) in [6.07, 6.45) is 3.68. The molecule has 3 N–H and O–H groups in total. The number of methoxy groups -OCH3 is 1. The topological polar surface area (TPSA) is 109 Å². The van der Waals surface area contributed by atoms with E-state index in [2.05, 4.69) is 45.1 Å². The van der Waals surface area contributed by atoms with Crippen molar-refractivity contribution in [1.29, 1.82) is 0 Å². The van der Waals surface area contributed by atoms with Crippen LogP contribution in [0.2, 0.25) is 0 Å². The van der Waals surface area contributed by atoms with E-state index in [0.717, 1.165) is 48.8 Å². The van der Waals surface area contributed by atoms with E-state index >= 15 is 0 Å². The maximum atomic E-state index is 11.9. The number of aliphatic hydroxyl groups is 1. The molecule has 1 fully saturated rings. The van der Waals surface area contributed by atoms with Crippen LogP contribution in [-0.2, 0) is 4.79 Å². The first-order valence-electron chi connectivity index (χ1n) is 13.4. The second-order valence-corrected chi connectivity index (χ2v) is 10.2. The molecule has 0 aliphatic carbocycles. The zero-order chi connectivity index (χ0) is 29.1. The number of anilines is 6. The van der Waals surface area contributed by atoms with Crippen LogP contribution in [0.15, 0.2) is 67.4 Å². The fraction of sp³-hybridized carbons (Fsp3) is 0.300. The van der Waals surface area contributed by atoms with Crippen molar-refractivity contribution in [3.05, 3.63) is 73.0 Å². The number of ether oxygens (including phenoxy) is 1. The molecule has 214 valence electrons. The van der Waals surface area contributed by atoms with Crippen molar-refractivity contribution in [1.82, 2.24) is 19.8 Å². The minimum atomic E-state index is -1.01. The Morgan fingerprint density at radius 2 is 1.93 bits per heavy atom. The van der Waals surface area contributed by atoms with E-state index in [1.54, 1.807) is 42.5 Å². The molecule has 0 saturated carbocycles. The van der Waals surface area contributed by atoms with Gasteiger partial charge in [-0.25, -0.2) is 4.98 Å². The van der Waals surface area contributed by atoms with Gasteiger partial charge in [0, 0.05) is 75.3 Å². The first kappa shape index (κ1) is 27.9. The maximum absolute atomic E-state index is 11.9. The molecular weight excluding hydrogens is 520 g/mol. The third-order valence-corrected chi connectivity index (χ3v) is 7.20. The average Bonchev–Trinajstić information content (AvgIpc) is 2.97. The number of hydrogen-bond donors (Lipinski definition) is 3. The van der Waals surface area contributed by atoms with Crippen LogP contribution in [0.4, 0.5) is 34.5 Å². The molecule has 41 heavy (non-hydrogen) atoms. The van der Waals surface area contributed by atoms with Crippen LogP contribution < -0.4 is 25.2 Å². The summed E-state index contributed by atoms with van der Waals surface area (Å²) in [6, 6.07) is 13.3. The van der Waals surface area contributed by atoms with Gasteiger partial charge in [-0.1, -0.05) is 12.6 Å². The highest BCUT2D eigenvalue weighted by Gasteiger charge is 2.30. The van der Waals surface area contributed by atoms with E-state index in [-0.39, 0.29) is 5.91 Å². The molecule has 1 amide bonds. The number of amides is 1. The zero-order valence-corrected chi connectivity index (χ0v) is 23.8. The summed E-state index contributed by atoms with van der Waals surface area (Å²) < 4.78 is 5.73. The third-order valence-electron chi connectivity index (χ3n) is 7.20. The Balaban J connectivity index is 1.48. The van der Waals surface area contributed by atoms with Crippen molar-refractivity contribution in [2.45, 2.75) is 6.23 Å². The van der Waals surface area contributed by atoms with Crippen LogP contribution in [0.5, 0.6) is 5.75 Å². The van der Waals surface area contributed by atoms with E-state index in [9.17, 15) is 9.90 Å². The monoisotopic (exact) mass is 556 g/mol. The largest absolute Gasteiger partial charge is 0.494 e. The Labute approximate surface area is 240 Å². The molecule has 5 rings (SSSR count). The second kappa shape index (κ2) is 11.9. The lowest BCUT2D eigenvalue weighted by atomic mass is 10.1. The van der Waals surface area contributed by atoms with Gasteiger partial charge in [0.1, 0.15) is 11.6 Å². The maximum Gasteiger partial charge on any atom is 0.247 e. The number of carbonyl (C=O) groups is 1. The minimum Gasteiger partial charge on any atom is -0.494 e. The standard InChI is InChI=1S/C30H36N8O3/c1-6-27(39)32-20-8-7-9-22(16-20)38-28(40)18-25(35(2)3)23-19-31-30(34-29(23)38)33-24-11-10-21(17-26(24)41-5)37-14-12-36(4)13-15-37/h6-11,16-19,28,40H,1,12-15H2,2-5H3,(H,32,39)(H,31,33,34). The quantitative estimate of drug-likeness (QED) is 0.357. The van der Waals surface area contributed by atoms with Crippen LogP contribution in [-0.4, -0.2) is 91.4 Å². The summed E-state index contributed by atoms with van der Waals surface area (Å²) in [5, 5.41) is 17.3. The van der Waals surface area contributed by atoms with Gasteiger partial charge in [0.05, 0.1) is 18.4 Å². The zero-order valence-electron chi connectivity index (χ0n) is 23.8. The van der Waals surface area contributed by atoms with Crippen LogP contribution >= 0.6 is 0 Å². The lowest BCUT2D eigenvalue weighted by Gasteiger charge is -2.35. The van der Waals surface area contributed by atoms with Crippen molar-refractivity contribution >= 4 is 46.1 Å². The lowest BCUT2D eigenvalue weighted by molar-refractivity contribution is -0.111. The lowest BCUT2D eigenvalue weighted by Crippen LogP contribution is -2.44. The molecule has 1 saturated heterocycles. The molecule has 11 nitrogen and oxygen atoms in total. The van der Waals surface area contributed by atoms with Crippen molar-refractivity contribution < 1.29 is 14.6 Å². The predicted octanol–water partition coefficient (Wildman–Crippen LogP) is 3.48. The summed E-state index contributed by atoms with van der Waals surface area (Å²) in [5.41, 5.74) is 4.59. The van der Waals surface area contributed by atoms with Gasteiger partial charge in [-0.15, -0.1) is 0 Å². The van der Waals surface area contributed by atoms with E-state index in [0.29, 0.717) is 28.9 Å². The molecule has 2 aromatic carbocycles. The molecule has 3 heterocycles. The molecule has 3 aromatic rings. The van der Waals surface area contributed by atoms with Gasteiger partial charge in [-0.05, 0) is 49.5 Å². The van der Waals surface area contributed by atoms with Gasteiger partial charge in [0.15, 0.2) is 6.23 Å². The van der Waals surface area contributed by atoms with Gasteiger partial charge in [0.2, 0.25) is 11.9 Å². The number of hydrogen-bond acceptors (Lipinski definition) is 10.